The summed E-state index contributed by atoms with van der Waals surface area (Å²) in [5, 5.41) is 4.05. The second kappa shape index (κ2) is 8.32. The summed E-state index contributed by atoms with van der Waals surface area (Å²) >= 11 is 0. The van der Waals surface area contributed by atoms with Crippen molar-refractivity contribution in [1.82, 2.24) is 20.0 Å². The van der Waals surface area contributed by atoms with Gasteiger partial charge in [-0.25, -0.2) is 0 Å². The van der Waals surface area contributed by atoms with Crippen LogP contribution in [0.3, 0.4) is 0 Å². The van der Waals surface area contributed by atoms with Gasteiger partial charge < -0.3 is 14.0 Å². The molecule has 0 bridgehead atoms. The molecule has 0 atom stereocenters. The first kappa shape index (κ1) is 17.0. The Hall–Kier alpha value is -1.83. The summed E-state index contributed by atoms with van der Waals surface area (Å²) in [4.78, 5) is 10.8. The van der Waals surface area contributed by atoms with Crippen molar-refractivity contribution in [1.29, 1.82) is 0 Å². The van der Waals surface area contributed by atoms with Gasteiger partial charge in [-0.2, -0.15) is 4.98 Å². The Morgan fingerprint density at radius 2 is 2.12 bits per heavy atom. The molecule has 0 aliphatic carbocycles. The van der Waals surface area contributed by atoms with Gasteiger partial charge in [0.05, 0.1) is 19.8 Å². The minimum atomic E-state index is -0.103. The van der Waals surface area contributed by atoms with Crippen LogP contribution in [-0.4, -0.2) is 52.1 Å². The van der Waals surface area contributed by atoms with Crippen molar-refractivity contribution in [3.63, 3.8) is 0 Å². The number of pyridine rings is 1. The average Bonchev–Trinajstić information content (AvgIpc) is 3.09. The smallest absolute Gasteiger partial charge is 0.241 e. The molecular formula is C17H24N4O3. The van der Waals surface area contributed by atoms with Crippen LogP contribution in [0.5, 0.6) is 0 Å². The summed E-state index contributed by atoms with van der Waals surface area (Å²) in [7, 11) is 0. The third-order valence-electron chi connectivity index (χ3n) is 4.00. The molecule has 1 fully saturated rings. The van der Waals surface area contributed by atoms with Gasteiger partial charge in [0.25, 0.3) is 0 Å². The fourth-order valence-electron chi connectivity index (χ4n) is 2.60. The van der Waals surface area contributed by atoms with Gasteiger partial charge in [0.2, 0.25) is 11.7 Å². The van der Waals surface area contributed by atoms with Gasteiger partial charge >= 0.3 is 0 Å². The van der Waals surface area contributed by atoms with E-state index in [0.717, 1.165) is 38.2 Å². The van der Waals surface area contributed by atoms with E-state index in [1.165, 1.54) is 0 Å². The van der Waals surface area contributed by atoms with E-state index >= 15 is 0 Å². The van der Waals surface area contributed by atoms with Crippen LogP contribution in [0.25, 0.3) is 11.4 Å². The summed E-state index contributed by atoms with van der Waals surface area (Å²) in [6, 6.07) is 4.14. The SMILES string of the molecule is CC(C)N(CCC1OCCCO1)Cc1nc(-c2cccnc2)no1. The van der Waals surface area contributed by atoms with Gasteiger partial charge in [0, 0.05) is 37.0 Å². The Bertz CT molecular complexity index is 611. The summed E-state index contributed by atoms with van der Waals surface area (Å²) in [5.74, 6) is 1.17. The molecule has 3 heterocycles. The van der Waals surface area contributed by atoms with Crippen LogP contribution in [-0.2, 0) is 16.0 Å². The zero-order chi connectivity index (χ0) is 16.8. The highest BCUT2D eigenvalue weighted by atomic mass is 16.7. The zero-order valence-electron chi connectivity index (χ0n) is 14.2. The molecule has 1 aliphatic rings. The molecule has 0 saturated carbocycles. The van der Waals surface area contributed by atoms with E-state index in [0.29, 0.717) is 24.3 Å². The lowest BCUT2D eigenvalue weighted by Gasteiger charge is -2.28. The average molecular weight is 332 g/mol. The van der Waals surface area contributed by atoms with Crippen molar-refractivity contribution in [3.05, 3.63) is 30.4 Å². The molecule has 7 nitrogen and oxygen atoms in total. The number of nitrogens with zero attached hydrogens (tertiary/aromatic N) is 4. The highest BCUT2D eigenvalue weighted by Gasteiger charge is 2.19. The predicted molar refractivity (Wildman–Crippen MR) is 88.0 cm³/mol. The Morgan fingerprint density at radius 3 is 2.83 bits per heavy atom. The van der Waals surface area contributed by atoms with Gasteiger partial charge in [-0.05, 0) is 32.4 Å². The van der Waals surface area contributed by atoms with Gasteiger partial charge in [-0.1, -0.05) is 5.16 Å². The van der Waals surface area contributed by atoms with Gasteiger partial charge in [0.1, 0.15) is 0 Å². The van der Waals surface area contributed by atoms with Crippen molar-refractivity contribution < 1.29 is 14.0 Å². The molecule has 0 radical (unpaired) electrons. The Balaban J connectivity index is 1.58. The minimum Gasteiger partial charge on any atom is -0.353 e. The third kappa shape index (κ3) is 4.59. The van der Waals surface area contributed by atoms with E-state index in [2.05, 4.69) is 33.9 Å². The number of aromatic nitrogens is 3. The van der Waals surface area contributed by atoms with Gasteiger partial charge in [-0.3, -0.25) is 9.88 Å². The maximum Gasteiger partial charge on any atom is 0.241 e. The van der Waals surface area contributed by atoms with Crippen molar-refractivity contribution >= 4 is 0 Å². The first-order chi connectivity index (χ1) is 11.7. The highest BCUT2D eigenvalue weighted by molar-refractivity contribution is 5.51. The molecule has 0 spiro atoms. The van der Waals surface area contributed by atoms with E-state index in [4.69, 9.17) is 14.0 Å². The molecule has 7 heteroatoms. The van der Waals surface area contributed by atoms with Crippen LogP contribution in [0.2, 0.25) is 0 Å². The van der Waals surface area contributed by atoms with E-state index < -0.39 is 0 Å². The molecule has 1 aliphatic heterocycles. The molecule has 0 aromatic carbocycles. The number of ether oxygens (including phenoxy) is 2. The molecule has 0 amide bonds. The summed E-state index contributed by atoms with van der Waals surface area (Å²) < 4.78 is 16.6. The largest absolute Gasteiger partial charge is 0.353 e. The lowest BCUT2D eigenvalue weighted by molar-refractivity contribution is -0.183. The monoisotopic (exact) mass is 332 g/mol. The summed E-state index contributed by atoms with van der Waals surface area (Å²) in [6.07, 6.45) is 5.16. The van der Waals surface area contributed by atoms with Gasteiger partial charge in [0.15, 0.2) is 6.29 Å². The Kier molecular flexibility index (Phi) is 5.90. The van der Waals surface area contributed by atoms with Crippen molar-refractivity contribution in [2.24, 2.45) is 0 Å². The maximum atomic E-state index is 5.61. The molecule has 0 N–H and O–H groups in total. The van der Waals surface area contributed by atoms with Crippen LogP contribution in [0.15, 0.2) is 29.0 Å². The lowest BCUT2D eigenvalue weighted by Crippen LogP contribution is -2.35. The Labute approximate surface area is 142 Å². The van der Waals surface area contributed by atoms with Gasteiger partial charge in [-0.15, -0.1) is 0 Å². The molecule has 2 aromatic heterocycles. The second-order valence-corrected chi connectivity index (χ2v) is 6.13. The van der Waals surface area contributed by atoms with E-state index in [-0.39, 0.29) is 6.29 Å². The van der Waals surface area contributed by atoms with Crippen LogP contribution < -0.4 is 0 Å². The summed E-state index contributed by atoms with van der Waals surface area (Å²) in [5.41, 5.74) is 0.854. The van der Waals surface area contributed by atoms with Crippen LogP contribution in [0.4, 0.5) is 0 Å². The molecule has 130 valence electrons. The van der Waals surface area contributed by atoms with E-state index in [1.54, 1.807) is 12.4 Å². The van der Waals surface area contributed by atoms with Crippen LogP contribution >= 0.6 is 0 Å². The fraction of sp³-hybridized carbons (Fsp3) is 0.588. The van der Waals surface area contributed by atoms with Crippen LogP contribution in [0.1, 0.15) is 32.6 Å². The minimum absolute atomic E-state index is 0.103. The van der Waals surface area contributed by atoms with Crippen molar-refractivity contribution in [2.45, 2.75) is 45.6 Å². The fourth-order valence-corrected chi connectivity index (χ4v) is 2.60. The first-order valence-corrected chi connectivity index (χ1v) is 8.42. The molecular weight excluding hydrogens is 308 g/mol. The van der Waals surface area contributed by atoms with Crippen LogP contribution in [0, 0.1) is 0 Å². The normalized spacial score (nSPS) is 16.2. The Morgan fingerprint density at radius 1 is 1.29 bits per heavy atom. The third-order valence-corrected chi connectivity index (χ3v) is 4.00. The van der Waals surface area contributed by atoms with Crippen molar-refractivity contribution in [2.75, 3.05) is 19.8 Å². The topological polar surface area (TPSA) is 73.5 Å². The first-order valence-electron chi connectivity index (χ1n) is 8.42. The molecule has 2 aromatic rings. The predicted octanol–water partition coefficient (Wildman–Crippen LogP) is 2.50. The zero-order valence-corrected chi connectivity index (χ0v) is 14.2. The van der Waals surface area contributed by atoms with E-state index in [1.807, 2.05) is 12.1 Å². The molecule has 0 unspecified atom stereocenters. The number of hydrogen-bond donors (Lipinski definition) is 0. The number of hydrogen-bond acceptors (Lipinski definition) is 7. The quantitative estimate of drug-likeness (QED) is 0.771. The van der Waals surface area contributed by atoms with E-state index in [9.17, 15) is 0 Å². The standard InChI is InChI=1S/C17H24N4O3/c1-13(2)21(8-6-16-22-9-4-10-23-16)12-15-19-17(20-24-15)14-5-3-7-18-11-14/h3,5,7,11,13,16H,4,6,8-10,12H2,1-2H3. The summed E-state index contributed by atoms with van der Waals surface area (Å²) in [6.45, 7) is 7.33. The molecule has 3 rings (SSSR count). The molecule has 1 saturated heterocycles. The molecule has 24 heavy (non-hydrogen) atoms. The highest BCUT2D eigenvalue weighted by Crippen LogP contribution is 2.16. The number of rotatable bonds is 7. The maximum absolute atomic E-state index is 5.61. The second-order valence-electron chi connectivity index (χ2n) is 6.13. The van der Waals surface area contributed by atoms with Crippen molar-refractivity contribution in [3.8, 4) is 11.4 Å². The lowest BCUT2D eigenvalue weighted by atomic mass is 10.2.